The number of aliphatic carboxylic acids is 1. The maximum atomic E-state index is 12.7. The molecule has 0 aliphatic rings. The lowest BCUT2D eigenvalue weighted by atomic mass is 10.2. The monoisotopic (exact) mass is 479 g/mol. The minimum absolute atomic E-state index is 0.314. The molecule has 1 amide bonds. The molecule has 31 heavy (non-hydrogen) atoms. The smallest absolute Gasteiger partial charge is 0.328 e. The first kappa shape index (κ1) is 22.9. The number of nitrogens with one attached hydrogen (secondary N) is 1. The molecule has 0 aliphatic carbocycles. The molecule has 0 radical (unpaired) electrons. The van der Waals surface area contributed by atoms with Crippen LogP contribution in [0.25, 0.3) is 5.69 Å². The Morgan fingerprint density at radius 2 is 1.77 bits per heavy atom. The van der Waals surface area contributed by atoms with Gasteiger partial charge in [0, 0.05) is 16.4 Å². The van der Waals surface area contributed by atoms with E-state index in [2.05, 4.69) is 40.8 Å². The van der Waals surface area contributed by atoms with Crippen molar-refractivity contribution in [1.29, 1.82) is 0 Å². The van der Waals surface area contributed by atoms with Gasteiger partial charge >= 0.3 is 5.97 Å². The van der Waals surface area contributed by atoms with Gasteiger partial charge in [-0.05, 0) is 42.5 Å². The number of halogens is 1. The molecule has 1 unspecified atom stereocenters. The molecule has 3 N–H and O–H groups in total. The van der Waals surface area contributed by atoms with Crippen molar-refractivity contribution in [2.24, 2.45) is 0 Å². The average molecular weight is 480 g/mol. The van der Waals surface area contributed by atoms with Gasteiger partial charge in [-0.1, -0.05) is 17.7 Å². The number of carboxylic acid groups (broad SMARTS) is 1. The number of carbonyl (C=O) groups is 2. The van der Waals surface area contributed by atoms with Crippen LogP contribution in [0, 0.1) is 0 Å². The van der Waals surface area contributed by atoms with E-state index in [0.717, 1.165) is 0 Å². The van der Waals surface area contributed by atoms with Crippen molar-refractivity contribution < 1.29 is 19.8 Å². The Balaban J connectivity index is 1.82. The van der Waals surface area contributed by atoms with E-state index in [9.17, 15) is 19.8 Å². The topological polar surface area (TPSA) is 121 Å². The molecule has 0 saturated carbocycles. The van der Waals surface area contributed by atoms with Crippen LogP contribution in [-0.4, -0.2) is 56.0 Å². The predicted molar refractivity (Wildman–Crippen MR) is 122 cm³/mol. The van der Waals surface area contributed by atoms with Crippen molar-refractivity contribution in [3.8, 4) is 5.69 Å². The van der Waals surface area contributed by atoms with Gasteiger partial charge in [-0.25, -0.2) is 4.79 Å². The summed E-state index contributed by atoms with van der Waals surface area (Å²) in [6.07, 6.45) is 0. The highest BCUT2D eigenvalue weighted by atomic mass is 35.5. The molecule has 1 aromatic heterocycles. The minimum Gasteiger partial charge on any atom is -0.480 e. The van der Waals surface area contributed by atoms with E-state index >= 15 is 0 Å². The molecular weight excluding hydrogens is 462 g/mol. The third kappa shape index (κ3) is 5.50. The number of carboxylic acids is 1. The summed E-state index contributed by atoms with van der Waals surface area (Å²) in [6, 6.07) is 11.8. The summed E-state index contributed by atoms with van der Waals surface area (Å²) in [5.41, 5.74) is 1.52. The zero-order chi connectivity index (χ0) is 22.5. The van der Waals surface area contributed by atoms with E-state index in [4.69, 9.17) is 11.6 Å². The highest BCUT2D eigenvalue weighted by Crippen LogP contribution is 2.23. The standard InChI is InChI=1S/C19H18ClN5O4S2/c20-11-4-6-13(7-5-11)24(15(10-26)17(28)29)9-16(27)21-12-2-1-3-14(8-12)25-18(30)22-23-19(25)31/h1-8,15,26H,9-10H2,(H,21,27)(H,22,30)(H,23,31)(H,28,29). The lowest BCUT2D eigenvalue weighted by molar-refractivity contribution is -0.139. The third-order valence-corrected chi connectivity index (χ3v) is 5.15. The van der Waals surface area contributed by atoms with Crippen LogP contribution in [0.2, 0.25) is 5.02 Å². The summed E-state index contributed by atoms with van der Waals surface area (Å²) in [4.78, 5) is 25.6. The van der Waals surface area contributed by atoms with Gasteiger partial charge in [0.25, 0.3) is 0 Å². The van der Waals surface area contributed by atoms with E-state index in [1.165, 1.54) is 4.90 Å². The number of amides is 1. The van der Waals surface area contributed by atoms with Crippen molar-refractivity contribution in [1.82, 2.24) is 14.8 Å². The van der Waals surface area contributed by atoms with Gasteiger partial charge in [0.15, 0.2) is 16.4 Å². The Morgan fingerprint density at radius 3 is 2.35 bits per heavy atom. The Morgan fingerprint density at radius 1 is 1.13 bits per heavy atom. The second-order valence-electron chi connectivity index (χ2n) is 6.37. The highest BCUT2D eigenvalue weighted by Gasteiger charge is 2.27. The Hall–Kier alpha value is -2.73. The summed E-state index contributed by atoms with van der Waals surface area (Å²) >= 11 is 14.4. The lowest BCUT2D eigenvalue weighted by Crippen LogP contribution is -2.47. The van der Waals surface area contributed by atoms with Crippen molar-refractivity contribution >= 4 is 60.1 Å². The van der Waals surface area contributed by atoms with Crippen molar-refractivity contribution in [3.63, 3.8) is 0 Å². The summed E-state index contributed by atoms with van der Waals surface area (Å²) in [5.74, 6) is -1.74. The average Bonchev–Trinajstić information content (AvgIpc) is 3.06. The number of hydrogen-bond donors (Lipinski definition) is 5. The van der Waals surface area contributed by atoms with E-state index in [1.54, 1.807) is 53.1 Å². The van der Waals surface area contributed by atoms with Crippen LogP contribution in [-0.2, 0) is 9.59 Å². The first-order valence-corrected chi connectivity index (χ1v) is 10.2. The maximum Gasteiger partial charge on any atom is 0.328 e. The van der Waals surface area contributed by atoms with Gasteiger partial charge in [-0.15, -0.1) is 35.5 Å². The number of aliphatic hydroxyl groups excluding tert-OH is 1. The quantitative estimate of drug-likeness (QED) is 0.314. The number of rotatable bonds is 8. The highest BCUT2D eigenvalue weighted by molar-refractivity contribution is 7.80. The van der Waals surface area contributed by atoms with E-state index in [1.807, 2.05) is 0 Å². The molecule has 0 fully saturated rings. The molecule has 1 atom stereocenters. The summed E-state index contributed by atoms with van der Waals surface area (Å²) in [7, 11) is 0. The Labute approximate surface area is 193 Å². The van der Waals surface area contributed by atoms with E-state index in [0.29, 0.717) is 32.4 Å². The van der Waals surface area contributed by atoms with Crippen LogP contribution in [0.5, 0.6) is 0 Å². The van der Waals surface area contributed by atoms with Gasteiger partial charge in [-0.3, -0.25) is 9.36 Å². The second kappa shape index (κ2) is 10.1. The van der Waals surface area contributed by atoms with Gasteiger partial charge in [0.1, 0.15) is 0 Å². The summed E-state index contributed by atoms with van der Waals surface area (Å²) in [6.45, 7) is -0.991. The number of nitrogens with zero attached hydrogens (tertiary/aromatic N) is 4. The molecular formula is C19H18ClN5O4S2. The van der Waals surface area contributed by atoms with E-state index in [-0.39, 0.29) is 6.54 Å². The molecule has 9 nitrogen and oxygen atoms in total. The second-order valence-corrected chi connectivity index (χ2v) is 7.61. The first-order valence-electron chi connectivity index (χ1n) is 8.89. The molecule has 0 saturated heterocycles. The fourth-order valence-electron chi connectivity index (χ4n) is 2.90. The zero-order valence-electron chi connectivity index (χ0n) is 15.9. The third-order valence-electron chi connectivity index (χ3n) is 4.32. The van der Waals surface area contributed by atoms with Gasteiger partial charge < -0.3 is 20.4 Å². The molecule has 1 heterocycles. The molecule has 3 aromatic rings. The minimum atomic E-state index is -1.31. The van der Waals surface area contributed by atoms with Crippen molar-refractivity contribution in [2.75, 3.05) is 23.4 Å². The van der Waals surface area contributed by atoms with Crippen LogP contribution in [0.1, 0.15) is 0 Å². The lowest BCUT2D eigenvalue weighted by Gasteiger charge is -2.29. The van der Waals surface area contributed by atoms with Gasteiger partial charge in [0.05, 0.1) is 18.8 Å². The number of benzene rings is 2. The summed E-state index contributed by atoms with van der Waals surface area (Å²) < 4.78 is 1.58. The molecule has 12 heteroatoms. The number of anilines is 2. The number of aliphatic hydroxyl groups is 1. The van der Waals surface area contributed by atoms with Crippen molar-refractivity contribution in [2.45, 2.75) is 16.4 Å². The largest absolute Gasteiger partial charge is 0.480 e. The first-order chi connectivity index (χ1) is 14.8. The van der Waals surface area contributed by atoms with Crippen molar-refractivity contribution in [3.05, 3.63) is 53.6 Å². The fourth-order valence-corrected chi connectivity index (χ4v) is 3.62. The van der Waals surface area contributed by atoms with E-state index < -0.39 is 24.5 Å². The SMILES string of the molecule is O=C(CN(c1ccc(Cl)cc1)C(CO)C(=O)O)Nc1cccc(-n2c(S)nnc2S)c1. The maximum absolute atomic E-state index is 12.7. The molecule has 162 valence electrons. The Bertz CT molecular complexity index is 1070. The zero-order valence-corrected chi connectivity index (χ0v) is 18.4. The number of aromatic nitrogens is 3. The van der Waals surface area contributed by atoms with Crippen LogP contribution in [0.3, 0.4) is 0 Å². The van der Waals surface area contributed by atoms with Crippen LogP contribution >= 0.6 is 36.9 Å². The number of thiol groups is 2. The van der Waals surface area contributed by atoms with Crippen LogP contribution < -0.4 is 10.2 Å². The van der Waals surface area contributed by atoms with Crippen LogP contribution in [0.15, 0.2) is 58.8 Å². The fraction of sp³-hybridized carbons (Fsp3) is 0.158. The normalized spacial score (nSPS) is 11.7. The molecule has 2 aromatic carbocycles. The molecule has 0 bridgehead atoms. The number of carbonyl (C=O) groups excluding carboxylic acids is 1. The summed E-state index contributed by atoms with van der Waals surface area (Å²) in [5, 5.41) is 30.5. The molecule has 3 rings (SSSR count). The van der Waals surface area contributed by atoms with Gasteiger partial charge in [0.2, 0.25) is 5.91 Å². The molecule has 0 spiro atoms. The molecule has 0 aliphatic heterocycles. The predicted octanol–water partition coefficient (Wildman–Crippen LogP) is 2.39. The Kier molecular flexibility index (Phi) is 7.44. The van der Waals surface area contributed by atoms with Gasteiger partial charge in [-0.2, -0.15) is 0 Å². The number of hydrogen-bond acceptors (Lipinski definition) is 8. The van der Waals surface area contributed by atoms with Crippen LogP contribution in [0.4, 0.5) is 11.4 Å².